The Morgan fingerprint density at radius 1 is 1.00 bits per heavy atom. The molecule has 108 valence electrons. The molecule has 0 aliphatic carbocycles. The molecule has 0 bridgehead atoms. The Labute approximate surface area is 125 Å². The minimum absolute atomic E-state index is 0.257. The van der Waals surface area contributed by atoms with Gasteiger partial charge in [-0.15, -0.1) is 0 Å². The lowest BCUT2D eigenvalue weighted by molar-refractivity contribution is 0.0657. The molecule has 2 nitrogen and oxygen atoms in total. The van der Waals surface area contributed by atoms with E-state index in [0.29, 0.717) is 6.61 Å². The normalized spacial score (nSPS) is 11.4. The van der Waals surface area contributed by atoms with E-state index in [1.54, 1.807) is 0 Å². The van der Waals surface area contributed by atoms with E-state index in [4.69, 9.17) is 4.74 Å². The third-order valence-corrected chi connectivity index (χ3v) is 3.60. The molecule has 0 amide bonds. The molecule has 0 unspecified atom stereocenters. The van der Waals surface area contributed by atoms with E-state index in [0.717, 1.165) is 0 Å². The van der Waals surface area contributed by atoms with Gasteiger partial charge in [0.1, 0.15) is 0 Å². The molecule has 1 heterocycles. The van der Waals surface area contributed by atoms with E-state index < -0.39 is 0 Å². The van der Waals surface area contributed by atoms with Crippen molar-refractivity contribution in [2.45, 2.75) is 33.5 Å². The van der Waals surface area contributed by atoms with Crippen LogP contribution in [0.4, 0.5) is 0 Å². The molecule has 0 spiro atoms. The van der Waals surface area contributed by atoms with Crippen LogP contribution in [0.15, 0.2) is 48.5 Å². The highest BCUT2D eigenvalue weighted by Gasteiger charge is 2.03. The average molecular weight is 279 g/mol. The summed E-state index contributed by atoms with van der Waals surface area (Å²) >= 11 is 0. The summed E-state index contributed by atoms with van der Waals surface area (Å²) < 4.78 is 5.69. The van der Waals surface area contributed by atoms with Crippen LogP contribution in [0, 0.1) is 6.92 Å². The molecule has 0 fully saturated rings. The molecule has 1 N–H and O–H groups in total. The lowest BCUT2D eigenvalue weighted by Crippen LogP contribution is -2.02. The number of hydrogen-bond acceptors (Lipinski definition) is 1. The maximum absolute atomic E-state index is 5.69. The standard InChI is InChI=1S/C19H21NO/c1-13(2)21-12-15-5-4-6-16(10-15)17-7-8-19-18(11-17)9-14(3)20-19/h4-11,13,20H,12H2,1-3H3. The fourth-order valence-electron chi connectivity index (χ4n) is 2.56. The van der Waals surface area contributed by atoms with Crippen LogP contribution in [0.3, 0.4) is 0 Å². The lowest BCUT2D eigenvalue weighted by atomic mass is 10.0. The Balaban J connectivity index is 1.92. The van der Waals surface area contributed by atoms with Gasteiger partial charge in [0.25, 0.3) is 0 Å². The Morgan fingerprint density at radius 2 is 1.81 bits per heavy atom. The number of nitrogens with one attached hydrogen (secondary N) is 1. The Morgan fingerprint density at radius 3 is 2.62 bits per heavy atom. The topological polar surface area (TPSA) is 25.0 Å². The Kier molecular flexibility index (Phi) is 3.80. The molecule has 0 aliphatic rings. The summed E-state index contributed by atoms with van der Waals surface area (Å²) in [5.41, 5.74) is 6.08. The Hall–Kier alpha value is -2.06. The van der Waals surface area contributed by atoms with Gasteiger partial charge in [-0.05, 0) is 61.7 Å². The van der Waals surface area contributed by atoms with Crippen molar-refractivity contribution < 1.29 is 4.74 Å². The smallest absolute Gasteiger partial charge is 0.0720 e. The first-order valence-electron chi connectivity index (χ1n) is 7.42. The average Bonchev–Trinajstić information content (AvgIpc) is 2.84. The fraction of sp³-hybridized carbons (Fsp3) is 0.263. The van der Waals surface area contributed by atoms with Crippen LogP contribution < -0.4 is 0 Å². The summed E-state index contributed by atoms with van der Waals surface area (Å²) in [6.45, 7) is 6.87. The third-order valence-electron chi connectivity index (χ3n) is 3.60. The molecule has 2 heteroatoms. The van der Waals surface area contributed by atoms with Gasteiger partial charge in [0, 0.05) is 16.6 Å². The van der Waals surface area contributed by atoms with Crippen molar-refractivity contribution in [1.82, 2.24) is 4.98 Å². The van der Waals surface area contributed by atoms with Crippen molar-refractivity contribution in [2.24, 2.45) is 0 Å². The first-order chi connectivity index (χ1) is 10.1. The predicted molar refractivity (Wildman–Crippen MR) is 88.4 cm³/mol. The maximum Gasteiger partial charge on any atom is 0.0720 e. The SMILES string of the molecule is Cc1cc2cc(-c3cccc(COC(C)C)c3)ccc2[nH]1. The van der Waals surface area contributed by atoms with E-state index in [1.807, 2.05) is 0 Å². The summed E-state index contributed by atoms with van der Waals surface area (Å²) in [5, 5.41) is 1.26. The summed E-state index contributed by atoms with van der Waals surface area (Å²) in [6.07, 6.45) is 0.257. The number of rotatable bonds is 4. The molecular weight excluding hydrogens is 258 g/mol. The van der Waals surface area contributed by atoms with Gasteiger partial charge < -0.3 is 9.72 Å². The van der Waals surface area contributed by atoms with Crippen molar-refractivity contribution in [2.75, 3.05) is 0 Å². The van der Waals surface area contributed by atoms with E-state index in [2.05, 4.69) is 74.3 Å². The monoisotopic (exact) mass is 279 g/mol. The van der Waals surface area contributed by atoms with Crippen molar-refractivity contribution >= 4 is 10.9 Å². The number of aromatic nitrogens is 1. The number of ether oxygens (including phenoxy) is 1. The van der Waals surface area contributed by atoms with Crippen molar-refractivity contribution in [3.63, 3.8) is 0 Å². The molecule has 3 rings (SSSR count). The molecule has 0 aliphatic heterocycles. The van der Waals surface area contributed by atoms with Gasteiger partial charge in [-0.2, -0.15) is 0 Å². The molecule has 0 atom stereocenters. The Bertz CT molecular complexity index is 755. The molecule has 0 saturated heterocycles. The lowest BCUT2D eigenvalue weighted by Gasteiger charge is -2.09. The van der Waals surface area contributed by atoms with Crippen LogP contribution in [-0.4, -0.2) is 11.1 Å². The zero-order valence-electron chi connectivity index (χ0n) is 12.8. The summed E-state index contributed by atoms with van der Waals surface area (Å²) in [7, 11) is 0. The largest absolute Gasteiger partial charge is 0.374 e. The van der Waals surface area contributed by atoms with Crippen LogP contribution in [0.2, 0.25) is 0 Å². The highest BCUT2D eigenvalue weighted by atomic mass is 16.5. The zero-order valence-corrected chi connectivity index (χ0v) is 12.8. The second kappa shape index (κ2) is 5.74. The molecule has 2 aromatic carbocycles. The molecule has 3 aromatic rings. The molecule has 0 radical (unpaired) electrons. The minimum Gasteiger partial charge on any atom is -0.374 e. The van der Waals surface area contributed by atoms with Crippen LogP contribution >= 0.6 is 0 Å². The number of H-pyrrole nitrogens is 1. The fourth-order valence-corrected chi connectivity index (χ4v) is 2.56. The molecule has 0 saturated carbocycles. The summed E-state index contributed by atoms with van der Waals surface area (Å²) in [5.74, 6) is 0. The van der Waals surface area contributed by atoms with E-state index >= 15 is 0 Å². The molecule has 1 aromatic heterocycles. The number of aromatic amines is 1. The van der Waals surface area contributed by atoms with Crippen molar-refractivity contribution in [3.05, 3.63) is 59.8 Å². The van der Waals surface area contributed by atoms with Gasteiger partial charge in [0.2, 0.25) is 0 Å². The van der Waals surface area contributed by atoms with Gasteiger partial charge in [-0.3, -0.25) is 0 Å². The van der Waals surface area contributed by atoms with Crippen molar-refractivity contribution in [3.8, 4) is 11.1 Å². The molecule has 21 heavy (non-hydrogen) atoms. The summed E-state index contributed by atoms with van der Waals surface area (Å²) in [4.78, 5) is 3.36. The van der Waals surface area contributed by atoms with Crippen LogP contribution in [-0.2, 0) is 11.3 Å². The van der Waals surface area contributed by atoms with Gasteiger partial charge in [0.05, 0.1) is 12.7 Å². The van der Waals surface area contributed by atoms with Crippen LogP contribution in [0.25, 0.3) is 22.0 Å². The van der Waals surface area contributed by atoms with Gasteiger partial charge in [0.15, 0.2) is 0 Å². The quantitative estimate of drug-likeness (QED) is 0.708. The molecular formula is C19H21NO. The number of aryl methyl sites for hydroxylation is 1. The van der Waals surface area contributed by atoms with E-state index in [1.165, 1.54) is 33.3 Å². The zero-order chi connectivity index (χ0) is 14.8. The second-order valence-corrected chi connectivity index (χ2v) is 5.81. The van der Waals surface area contributed by atoms with Crippen LogP contribution in [0.5, 0.6) is 0 Å². The summed E-state index contributed by atoms with van der Waals surface area (Å²) in [6, 6.07) is 17.3. The van der Waals surface area contributed by atoms with E-state index in [-0.39, 0.29) is 6.10 Å². The van der Waals surface area contributed by atoms with Crippen molar-refractivity contribution in [1.29, 1.82) is 0 Å². The van der Waals surface area contributed by atoms with Gasteiger partial charge in [-0.25, -0.2) is 0 Å². The van der Waals surface area contributed by atoms with Gasteiger partial charge >= 0.3 is 0 Å². The second-order valence-electron chi connectivity index (χ2n) is 5.81. The first kappa shape index (κ1) is 13.9. The highest BCUT2D eigenvalue weighted by molar-refractivity contribution is 5.85. The van der Waals surface area contributed by atoms with Crippen LogP contribution in [0.1, 0.15) is 25.1 Å². The predicted octanol–water partition coefficient (Wildman–Crippen LogP) is 5.07. The van der Waals surface area contributed by atoms with Gasteiger partial charge in [-0.1, -0.05) is 24.3 Å². The number of hydrogen-bond donors (Lipinski definition) is 1. The first-order valence-corrected chi connectivity index (χ1v) is 7.42. The number of fused-ring (bicyclic) bond motifs is 1. The van der Waals surface area contributed by atoms with E-state index in [9.17, 15) is 0 Å². The number of benzene rings is 2. The third kappa shape index (κ3) is 3.17. The maximum atomic E-state index is 5.69. The highest BCUT2D eigenvalue weighted by Crippen LogP contribution is 2.25. The minimum atomic E-state index is 0.257.